The van der Waals surface area contributed by atoms with Crippen LogP contribution in [0.15, 0.2) is 70.7 Å². The molecule has 0 saturated carbocycles. The van der Waals surface area contributed by atoms with Crippen LogP contribution in [-0.4, -0.2) is 21.1 Å². The summed E-state index contributed by atoms with van der Waals surface area (Å²) in [6, 6.07) is 13.6. The number of aromatic nitrogens is 2. The third kappa shape index (κ3) is 4.53. The summed E-state index contributed by atoms with van der Waals surface area (Å²) in [5.74, 6) is 1.15. The van der Waals surface area contributed by atoms with E-state index in [1.54, 1.807) is 36.7 Å². The van der Waals surface area contributed by atoms with Gasteiger partial charge < -0.3 is 4.74 Å². The highest BCUT2D eigenvalue weighted by molar-refractivity contribution is 7.98. The van der Waals surface area contributed by atoms with Crippen LogP contribution < -0.4 is 10.3 Å². The number of nitro groups is 1. The lowest BCUT2D eigenvalue weighted by Crippen LogP contribution is -2.20. The van der Waals surface area contributed by atoms with Crippen molar-refractivity contribution < 1.29 is 9.66 Å². The molecule has 0 fully saturated rings. The lowest BCUT2D eigenvalue weighted by atomic mass is 10.2. The van der Waals surface area contributed by atoms with E-state index >= 15 is 0 Å². The number of rotatable bonds is 7. The van der Waals surface area contributed by atoms with Crippen LogP contribution >= 0.6 is 11.8 Å². The molecule has 0 radical (unpaired) electrons. The third-order valence-electron chi connectivity index (χ3n) is 3.73. The van der Waals surface area contributed by atoms with Gasteiger partial charge in [-0.1, -0.05) is 23.9 Å². The molecule has 3 rings (SSSR count). The lowest BCUT2D eigenvalue weighted by Gasteiger charge is -2.09. The van der Waals surface area contributed by atoms with Gasteiger partial charge in [-0.15, -0.1) is 0 Å². The second-order valence-electron chi connectivity index (χ2n) is 5.55. The summed E-state index contributed by atoms with van der Waals surface area (Å²) < 4.78 is 6.93. The average Bonchev–Trinajstić information content (AvgIpc) is 2.68. The minimum atomic E-state index is -0.437. The van der Waals surface area contributed by atoms with Crippen molar-refractivity contribution in [3.63, 3.8) is 0 Å². The molecule has 0 aliphatic carbocycles. The Bertz CT molecular complexity index is 1000. The summed E-state index contributed by atoms with van der Waals surface area (Å²) in [5.41, 5.74) is 1.26. The number of hydrogen-bond acceptors (Lipinski definition) is 6. The first kappa shape index (κ1) is 18.7. The van der Waals surface area contributed by atoms with Crippen molar-refractivity contribution in [1.29, 1.82) is 0 Å². The molecular weight excluding hydrogens is 366 g/mol. The van der Waals surface area contributed by atoms with Crippen LogP contribution in [-0.2, 0) is 5.75 Å². The van der Waals surface area contributed by atoms with Crippen molar-refractivity contribution in [1.82, 2.24) is 9.55 Å². The Balaban J connectivity index is 1.80. The predicted octanol–water partition coefficient (Wildman–Crippen LogP) is 3.83. The van der Waals surface area contributed by atoms with Crippen LogP contribution in [0.4, 0.5) is 5.69 Å². The normalized spacial score (nSPS) is 10.6. The van der Waals surface area contributed by atoms with E-state index in [9.17, 15) is 14.9 Å². The molecule has 8 heteroatoms. The zero-order valence-corrected chi connectivity index (χ0v) is 15.4. The molecule has 27 heavy (non-hydrogen) atoms. The monoisotopic (exact) mass is 383 g/mol. The minimum Gasteiger partial charge on any atom is -0.494 e. The fraction of sp³-hybridized carbons (Fsp3) is 0.158. The zero-order chi connectivity index (χ0) is 19.2. The molecule has 0 atom stereocenters. The summed E-state index contributed by atoms with van der Waals surface area (Å²) in [6.07, 6.45) is 3.17. The van der Waals surface area contributed by atoms with Gasteiger partial charge in [-0.2, -0.15) is 0 Å². The summed E-state index contributed by atoms with van der Waals surface area (Å²) in [5, 5.41) is 11.2. The smallest absolute Gasteiger partial charge is 0.287 e. The second kappa shape index (κ2) is 8.50. The molecule has 1 heterocycles. The number of hydrogen-bond donors (Lipinski definition) is 0. The second-order valence-corrected chi connectivity index (χ2v) is 6.51. The quantitative estimate of drug-likeness (QED) is 0.350. The maximum Gasteiger partial charge on any atom is 0.287 e. The molecule has 0 N–H and O–H groups in total. The number of nitrogens with zero attached hydrogens (tertiary/aromatic N) is 3. The van der Waals surface area contributed by atoms with Crippen LogP contribution in [0.5, 0.6) is 5.75 Å². The van der Waals surface area contributed by atoms with E-state index in [-0.39, 0.29) is 11.2 Å². The highest BCUT2D eigenvalue weighted by atomic mass is 32.2. The number of benzene rings is 2. The average molecular weight is 383 g/mol. The molecule has 138 valence electrons. The van der Waals surface area contributed by atoms with Crippen LogP contribution in [0.25, 0.3) is 5.69 Å². The Kier molecular flexibility index (Phi) is 5.87. The zero-order valence-electron chi connectivity index (χ0n) is 14.6. The molecule has 3 aromatic rings. The van der Waals surface area contributed by atoms with Crippen LogP contribution in [0.2, 0.25) is 0 Å². The molecule has 0 aliphatic heterocycles. The minimum absolute atomic E-state index is 0.0286. The van der Waals surface area contributed by atoms with Crippen molar-refractivity contribution in [3.8, 4) is 11.4 Å². The van der Waals surface area contributed by atoms with Gasteiger partial charge in [0.15, 0.2) is 5.03 Å². The van der Waals surface area contributed by atoms with Crippen LogP contribution in [0.3, 0.4) is 0 Å². The highest BCUT2D eigenvalue weighted by Crippen LogP contribution is 2.22. The van der Waals surface area contributed by atoms with E-state index < -0.39 is 4.92 Å². The Morgan fingerprint density at radius 1 is 1.22 bits per heavy atom. The van der Waals surface area contributed by atoms with Gasteiger partial charge in [0.05, 0.1) is 11.5 Å². The fourth-order valence-electron chi connectivity index (χ4n) is 2.48. The molecule has 7 nitrogen and oxygen atoms in total. The molecule has 0 amide bonds. The van der Waals surface area contributed by atoms with Gasteiger partial charge >= 0.3 is 0 Å². The summed E-state index contributed by atoms with van der Waals surface area (Å²) in [4.78, 5) is 27.3. The maximum absolute atomic E-state index is 12.7. The molecule has 0 aliphatic rings. The van der Waals surface area contributed by atoms with E-state index in [2.05, 4.69) is 4.98 Å². The van der Waals surface area contributed by atoms with E-state index in [1.165, 1.54) is 28.5 Å². The van der Waals surface area contributed by atoms with Crippen molar-refractivity contribution in [3.05, 3.63) is 87.0 Å². The van der Waals surface area contributed by atoms with Gasteiger partial charge in [-0.3, -0.25) is 19.5 Å². The van der Waals surface area contributed by atoms with Gasteiger partial charge in [0.2, 0.25) is 0 Å². The van der Waals surface area contributed by atoms with Crippen molar-refractivity contribution in [2.24, 2.45) is 0 Å². The highest BCUT2D eigenvalue weighted by Gasteiger charge is 2.10. The maximum atomic E-state index is 12.7. The van der Waals surface area contributed by atoms with Gasteiger partial charge in [-0.05, 0) is 36.8 Å². The van der Waals surface area contributed by atoms with Gasteiger partial charge in [0.1, 0.15) is 5.75 Å². The number of thioether (sulfide) groups is 1. The Labute approximate surface area is 159 Å². The standard InChI is InChI=1S/C19H17N3O4S/c1-2-26-17-8-6-15(7-9-17)21-11-10-20-18(19(21)23)27-13-14-4-3-5-16(12-14)22(24)25/h3-12H,2,13H2,1H3. The molecule has 0 spiro atoms. The Morgan fingerprint density at radius 3 is 2.70 bits per heavy atom. The van der Waals surface area contributed by atoms with Gasteiger partial charge in [0.25, 0.3) is 11.2 Å². The molecule has 0 bridgehead atoms. The van der Waals surface area contributed by atoms with Gasteiger partial charge in [-0.25, -0.2) is 4.98 Å². The first-order valence-corrected chi connectivity index (χ1v) is 9.24. The van der Waals surface area contributed by atoms with Crippen molar-refractivity contribution in [2.45, 2.75) is 17.7 Å². The van der Waals surface area contributed by atoms with E-state index in [1.807, 2.05) is 19.1 Å². The Hall–Kier alpha value is -3.13. The topological polar surface area (TPSA) is 87.3 Å². The van der Waals surface area contributed by atoms with Crippen molar-refractivity contribution >= 4 is 17.4 Å². The predicted molar refractivity (Wildman–Crippen MR) is 104 cm³/mol. The first-order valence-electron chi connectivity index (χ1n) is 8.25. The third-order valence-corrected chi connectivity index (χ3v) is 4.76. The fourth-order valence-corrected chi connectivity index (χ4v) is 3.32. The molecule has 2 aromatic carbocycles. The number of non-ortho nitro benzene ring substituents is 1. The van der Waals surface area contributed by atoms with Gasteiger partial charge in [0, 0.05) is 36.0 Å². The summed E-state index contributed by atoms with van der Waals surface area (Å²) >= 11 is 1.25. The Morgan fingerprint density at radius 2 is 2.00 bits per heavy atom. The summed E-state index contributed by atoms with van der Waals surface area (Å²) in [6.45, 7) is 2.49. The van der Waals surface area contributed by atoms with Crippen molar-refractivity contribution in [2.75, 3.05) is 6.61 Å². The van der Waals surface area contributed by atoms with E-state index in [0.717, 1.165) is 11.3 Å². The van der Waals surface area contributed by atoms with Crippen LogP contribution in [0, 0.1) is 10.1 Å². The summed E-state index contributed by atoms with van der Waals surface area (Å²) in [7, 11) is 0. The van der Waals surface area contributed by atoms with E-state index in [0.29, 0.717) is 23.1 Å². The SMILES string of the molecule is CCOc1ccc(-n2ccnc(SCc3cccc([N+](=O)[O-])c3)c2=O)cc1. The van der Waals surface area contributed by atoms with Crippen LogP contribution in [0.1, 0.15) is 12.5 Å². The molecule has 0 unspecified atom stereocenters. The lowest BCUT2D eigenvalue weighted by molar-refractivity contribution is -0.384. The number of nitro benzene ring substituents is 1. The molecular formula is C19H17N3O4S. The molecule has 1 aromatic heterocycles. The largest absolute Gasteiger partial charge is 0.494 e. The number of ether oxygens (including phenoxy) is 1. The molecule has 0 saturated heterocycles. The van der Waals surface area contributed by atoms with E-state index in [4.69, 9.17) is 4.74 Å². The first-order chi connectivity index (χ1) is 13.1.